The highest BCUT2D eigenvalue weighted by Crippen LogP contribution is 2.23. The molecule has 4 N–H and O–H groups in total. The number of carbonyl (C=O) groups excluding carboxylic acids is 1. The predicted molar refractivity (Wildman–Crippen MR) is 50.4 cm³/mol. The average molecular weight is 266 g/mol. The van der Waals surface area contributed by atoms with Crippen molar-refractivity contribution >= 4 is 27.6 Å². The predicted octanol–water partition coefficient (Wildman–Crippen LogP) is 1.72. The van der Waals surface area contributed by atoms with Gasteiger partial charge in [0.05, 0.1) is 10.2 Å². The minimum absolute atomic E-state index is 0.0474. The van der Waals surface area contributed by atoms with Gasteiger partial charge in [0.1, 0.15) is 11.6 Å². The molecule has 1 aromatic rings. The Hall–Kier alpha value is -1.21. The lowest BCUT2D eigenvalue weighted by molar-refractivity contribution is 0.252. The van der Waals surface area contributed by atoms with Crippen LogP contribution >= 0.6 is 15.9 Å². The van der Waals surface area contributed by atoms with Crippen LogP contribution in [0.15, 0.2) is 16.6 Å². The Labute approximate surface area is 86.6 Å². The van der Waals surface area contributed by atoms with E-state index in [1.54, 1.807) is 5.43 Å². The van der Waals surface area contributed by atoms with E-state index in [-0.39, 0.29) is 10.2 Å². The summed E-state index contributed by atoms with van der Waals surface area (Å²) in [5.74, 6) is 3.14. The van der Waals surface area contributed by atoms with Gasteiger partial charge in [-0.15, -0.1) is 0 Å². The first-order chi connectivity index (χ1) is 6.54. The fourth-order valence-corrected chi connectivity index (χ4v) is 1.12. The molecule has 0 radical (unpaired) electrons. The zero-order valence-electron chi connectivity index (χ0n) is 6.77. The van der Waals surface area contributed by atoms with Crippen LogP contribution in [0, 0.1) is 11.6 Å². The van der Waals surface area contributed by atoms with Gasteiger partial charge >= 0.3 is 6.03 Å². The number of nitrogens with one attached hydrogen (secondary N) is 2. The Kier molecular flexibility index (Phi) is 3.37. The summed E-state index contributed by atoms with van der Waals surface area (Å²) in [6, 6.07) is 0.957. The third kappa shape index (κ3) is 2.39. The summed E-state index contributed by atoms with van der Waals surface area (Å²) in [4.78, 5) is 10.7. The van der Waals surface area contributed by atoms with E-state index < -0.39 is 17.7 Å². The van der Waals surface area contributed by atoms with E-state index in [2.05, 4.69) is 21.2 Å². The van der Waals surface area contributed by atoms with E-state index in [1.165, 1.54) is 0 Å². The summed E-state index contributed by atoms with van der Waals surface area (Å²) in [6.07, 6.45) is 0. The molecule has 0 atom stereocenters. The van der Waals surface area contributed by atoms with Crippen molar-refractivity contribution in [2.45, 2.75) is 0 Å². The van der Waals surface area contributed by atoms with E-state index in [0.29, 0.717) is 6.07 Å². The molecule has 0 fully saturated rings. The van der Waals surface area contributed by atoms with Crippen LogP contribution in [0.5, 0.6) is 0 Å². The van der Waals surface area contributed by atoms with Crippen LogP contribution in [0.1, 0.15) is 0 Å². The fraction of sp³-hybridized carbons (Fsp3) is 0. The summed E-state index contributed by atoms with van der Waals surface area (Å²) in [5, 5.41) is 2.08. The molecule has 0 aliphatic rings. The minimum atomic E-state index is -0.880. The maximum atomic E-state index is 13.0. The summed E-state index contributed by atoms with van der Waals surface area (Å²) < 4.78 is 25.8. The van der Waals surface area contributed by atoms with E-state index in [0.717, 1.165) is 6.07 Å². The van der Waals surface area contributed by atoms with E-state index >= 15 is 0 Å². The SMILES string of the molecule is NNC(=O)Nc1cc(Br)c(F)cc1F. The van der Waals surface area contributed by atoms with Crippen molar-refractivity contribution in [3.63, 3.8) is 0 Å². The van der Waals surface area contributed by atoms with Crippen molar-refractivity contribution in [1.29, 1.82) is 0 Å². The summed E-state index contributed by atoms with van der Waals surface area (Å²) >= 11 is 2.85. The fourth-order valence-electron chi connectivity index (χ4n) is 0.777. The number of amides is 2. The van der Waals surface area contributed by atoms with Crippen LogP contribution in [0.2, 0.25) is 0 Å². The lowest BCUT2D eigenvalue weighted by atomic mass is 10.3. The molecule has 7 heteroatoms. The van der Waals surface area contributed by atoms with Gasteiger partial charge in [-0.2, -0.15) is 0 Å². The van der Waals surface area contributed by atoms with Gasteiger partial charge in [0, 0.05) is 6.07 Å². The number of rotatable bonds is 1. The second kappa shape index (κ2) is 4.34. The van der Waals surface area contributed by atoms with Crippen LogP contribution in [-0.2, 0) is 0 Å². The number of anilines is 1. The standard InChI is InChI=1S/C7H6BrF2N3O/c8-3-1-6(12-7(14)13-11)5(10)2-4(3)9/h1-2H,11H2,(H2,12,13,14). The molecular weight excluding hydrogens is 260 g/mol. The normalized spacial score (nSPS) is 9.71. The van der Waals surface area contributed by atoms with Gasteiger partial charge < -0.3 is 5.32 Å². The molecule has 0 aromatic heterocycles. The summed E-state index contributed by atoms with van der Waals surface area (Å²) in [5.41, 5.74) is 1.58. The van der Waals surface area contributed by atoms with Gasteiger partial charge in [-0.25, -0.2) is 19.4 Å². The topological polar surface area (TPSA) is 67.1 Å². The van der Waals surface area contributed by atoms with Crippen LogP contribution in [-0.4, -0.2) is 6.03 Å². The smallest absolute Gasteiger partial charge is 0.304 e. The molecule has 0 heterocycles. The highest BCUT2D eigenvalue weighted by atomic mass is 79.9. The van der Waals surface area contributed by atoms with Gasteiger partial charge in [0.15, 0.2) is 0 Å². The molecule has 0 saturated heterocycles. The molecule has 1 aromatic carbocycles. The van der Waals surface area contributed by atoms with Gasteiger partial charge in [0.2, 0.25) is 0 Å². The molecule has 4 nitrogen and oxygen atoms in total. The van der Waals surface area contributed by atoms with Crippen LogP contribution in [0.3, 0.4) is 0 Å². The Morgan fingerprint density at radius 1 is 1.36 bits per heavy atom. The molecule has 76 valence electrons. The lowest BCUT2D eigenvalue weighted by Gasteiger charge is -2.06. The van der Waals surface area contributed by atoms with Gasteiger partial charge in [-0.1, -0.05) is 0 Å². The first-order valence-corrected chi connectivity index (χ1v) is 4.26. The van der Waals surface area contributed by atoms with Crippen molar-refractivity contribution in [3.8, 4) is 0 Å². The van der Waals surface area contributed by atoms with Crippen molar-refractivity contribution in [2.24, 2.45) is 5.84 Å². The van der Waals surface area contributed by atoms with Crippen molar-refractivity contribution in [1.82, 2.24) is 5.43 Å². The van der Waals surface area contributed by atoms with Gasteiger partial charge in [-0.05, 0) is 22.0 Å². The molecule has 0 unspecified atom stereocenters. The first kappa shape index (κ1) is 10.9. The molecule has 0 bridgehead atoms. The second-order valence-corrected chi connectivity index (χ2v) is 3.20. The Morgan fingerprint density at radius 3 is 2.57 bits per heavy atom. The number of hydrogen-bond donors (Lipinski definition) is 3. The summed E-state index contributed by atoms with van der Waals surface area (Å²) in [7, 11) is 0. The molecule has 1 rings (SSSR count). The number of halogens is 3. The summed E-state index contributed by atoms with van der Waals surface area (Å²) in [6.45, 7) is 0. The van der Waals surface area contributed by atoms with Gasteiger partial charge in [-0.3, -0.25) is 5.43 Å². The van der Waals surface area contributed by atoms with Crippen molar-refractivity contribution in [3.05, 3.63) is 28.2 Å². The monoisotopic (exact) mass is 265 g/mol. The number of nitrogens with two attached hydrogens (primary N) is 1. The van der Waals surface area contributed by atoms with Crippen LogP contribution in [0.25, 0.3) is 0 Å². The van der Waals surface area contributed by atoms with E-state index in [4.69, 9.17) is 5.84 Å². The van der Waals surface area contributed by atoms with Crippen LogP contribution < -0.4 is 16.6 Å². The third-order valence-corrected chi connectivity index (χ3v) is 2.00. The molecular formula is C7H6BrF2N3O. The highest BCUT2D eigenvalue weighted by Gasteiger charge is 2.09. The zero-order valence-corrected chi connectivity index (χ0v) is 8.36. The molecule has 14 heavy (non-hydrogen) atoms. The number of hydrazine groups is 1. The Morgan fingerprint density at radius 2 is 2.00 bits per heavy atom. The quantitative estimate of drug-likeness (QED) is 0.313. The molecule has 0 aliphatic carbocycles. The highest BCUT2D eigenvalue weighted by molar-refractivity contribution is 9.10. The third-order valence-electron chi connectivity index (χ3n) is 1.39. The second-order valence-electron chi connectivity index (χ2n) is 2.34. The van der Waals surface area contributed by atoms with Crippen molar-refractivity contribution < 1.29 is 13.6 Å². The van der Waals surface area contributed by atoms with Crippen LogP contribution in [0.4, 0.5) is 19.3 Å². The van der Waals surface area contributed by atoms with E-state index in [1.807, 2.05) is 0 Å². The first-order valence-electron chi connectivity index (χ1n) is 3.46. The maximum Gasteiger partial charge on any atom is 0.333 e. The molecule has 0 aliphatic heterocycles. The largest absolute Gasteiger partial charge is 0.333 e. The number of hydrogen-bond acceptors (Lipinski definition) is 2. The average Bonchev–Trinajstić information content (AvgIpc) is 2.14. The Balaban J connectivity index is 2.98. The maximum absolute atomic E-state index is 13.0. The molecule has 0 spiro atoms. The molecule has 2 amide bonds. The Bertz CT molecular complexity index is 372. The molecule has 0 saturated carbocycles. The number of benzene rings is 1. The van der Waals surface area contributed by atoms with Crippen molar-refractivity contribution in [2.75, 3.05) is 5.32 Å². The lowest BCUT2D eigenvalue weighted by Crippen LogP contribution is -2.34. The number of carbonyl (C=O) groups is 1. The zero-order chi connectivity index (χ0) is 10.7. The minimum Gasteiger partial charge on any atom is -0.304 e. The number of urea groups is 1. The van der Waals surface area contributed by atoms with Gasteiger partial charge in [0.25, 0.3) is 0 Å². The van der Waals surface area contributed by atoms with E-state index in [9.17, 15) is 13.6 Å².